The topological polar surface area (TPSA) is 68.7 Å². The summed E-state index contributed by atoms with van der Waals surface area (Å²) in [5, 5.41) is 10.7. The van der Waals surface area contributed by atoms with Crippen LogP contribution in [0.15, 0.2) is 60.8 Å². The predicted octanol–water partition coefficient (Wildman–Crippen LogP) is 4.19. The third kappa shape index (κ3) is 4.19. The normalized spacial score (nSPS) is 11.9. The fourth-order valence-corrected chi connectivity index (χ4v) is 2.61. The molecule has 5 nitrogen and oxygen atoms in total. The molecule has 0 aliphatic rings. The quantitative estimate of drug-likeness (QED) is 0.686. The van der Waals surface area contributed by atoms with Crippen LogP contribution in [0.4, 0.5) is 0 Å². The second-order valence-corrected chi connectivity index (χ2v) is 5.75. The maximum Gasteiger partial charge on any atom is 0.345 e. The molecule has 0 spiro atoms. The van der Waals surface area contributed by atoms with Crippen LogP contribution in [0.3, 0.4) is 0 Å². The fourth-order valence-electron chi connectivity index (χ4n) is 2.39. The summed E-state index contributed by atoms with van der Waals surface area (Å²) in [7, 11) is 0. The maximum atomic E-state index is 11.5. The number of nitrogens with zero attached hydrogens (tertiary/aromatic N) is 1. The van der Waals surface area contributed by atoms with Gasteiger partial charge in [0.05, 0.1) is 11.6 Å². The Balaban J connectivity index is 1.72. The highest BCUT2D eigenvalue weighted by atomic mass is 35.5. The summed E-state index contributed by atoms with van der Waals surface area (Å²) in [6.45, 7) is 0.222. The fraction of sp³-hybridized carbons (Fsp3) is 0.158. The summed E-state index contributed by atoms with van der Waals surface area (Å²) < 4.78 is 11.2. The van der Waals surface area contributed by atoms with Crippen molar-refractivity contribution in [1.82, 2.24) is 4.98 Å². The van der Waals surface area contributed by atoms with Gasteiger partial charge in [-0.05, 0) is 36.4 Å². The van der Waals surface area contributed by atoms with E-state index in [1.165, 1.54) is 0 Å². The van der Waals surface area contributed by atoms with Crippen molar-refractivity contribution < 1.29 is 19.4 Å². The minimum Gasteiger partial charge on any atom is -0.493 e. The van der Waals surface area contributed by atoms with Gasteiger partial charge in [0, 0.05) is 18.0 Å². The Morgan fingerprint density at radius 2 is 1.92 bits per heavy atom. The third-order valence-corrected chi connectivity index (χ3v) is 3.95. The van der Waals surface area contributed by atoms with Crippen molar-refractivity contribution in [2.75, 3.05) is 6.61 Å². The average Bonchev–Trinajstić information content (AvgIpc) is 2.64. The molecule has 25 heavy (non-hydrogen) atoms. The molecule has 1 heterocycles. The molecular weight excluding hydrogens is 342 g/mol. The number of hydrogen-bond donors (Lipinski definition) is 1. The van der Waals surface area contributed by atoms with Crippen molar-refractivity contribution in [2.24, 2.45) is 0 Å². The molecule has 0 aliphatic heterocycles. The van der Waals surface area contributed by atoms with Gasteiger partial charge in [-0.15, -0.1) is 0 Å². The van der Waals surface area contributed by atoms with Crippen LogP contribution >= 0.6 is 11.6 Å². The van der Waals surface area contributed by atoms with Gasteiger partial charge in [0.1, 0.15) is 17.0 Å². The Bertz CT molecular complexity index is 870. The van der Waals surface area contributed by atoms with E-state index in [0.29, 0.717) is 27.4 Å². The molecule has 128 valence electrons. The van der Waals surface area contributed by atoms with E-state index in [-0.39, 0.29) is 13.0 Å². The molecule has 0 bridgehead atoms. The van der Waals surface area contributed by atoms with Crippen LogP contribution in [0.25, 0.3) is 10.9 Å². The summed E-state index contributed by atoms with van der Waals surface area (Å²) in [5.74, 6) is 0.00746. The van der Waals surface area contributed by atoms with Gasteiger partial charge in [-0.1, -0.05) is 29.8 Å². The van der Waals surface area contributed by atoms with Crippen LogP contribution < -0.4 is 9.47 Å². The maximum absolute atomic E-state index is 11.5. The van der Waals surface area contributed by atoms with E-state index in [1.54, 1.807) is 24.4 Å². The number of para-hydroxylation sites is 1. The van der Waals surface area contributed by atoms with Crippen LogP contribution in [0, 0.1) is 0 Å². The minimum atomic E-state index is -1.06. The number of halogens is 1. The molecule has 6 heteroatoms. The van der Waals surface area contributed by atoms with Gasteiger partial charge in [-0.25, -0.2) is 4.79 Å². The molecule has 1 unspecified atom stereocenters. The molecule has 3 rings (SSSR count). The van der Waals surface area contributed by atoms with Gasteiger partial charge >= 0.3 is 5.97 Å². The Labute approximate surface area is 149 Å². The second kappa shape index (κ2) is 7.85. The summed E-state index contributed by atoms with van der Waals surface area (Å²) in [4.78, 5) is 15.8. The molecule has 0 saturated heterocycles. The first kappa shape index (κ1) is 17.0. The van der Waals surface area contributed by atoms with E-state index in [4.69, 9.17) is 21.1 Å². The average molecular weight is 358 g/mol. The van der Waals surface area contributed by atoms with Crippen molar-refractivity contribution in [3.05, 3.63) is 65.8 Å². The number of benzene rings is 2. The van der Waals surface area contributed by atoms with Crippen LogP contribution in [-0.4, -0.2) is 28.8 Å². The zero-order chi connectivity index (χ0) is 17.6. The Kier molecular flexibility index (Phi) is 5.36. The van der Waals surface area contributed by atoms with E-state index in [9.17, 15) is 9.90 Å². The van der Waals surface area contributed by atoms with Gasteiger partial charge in [0.25, 0.3) is 0 Å². The zero-order valence-electron chi connectivity index (χ0n) is 13.3. The number of ether oxygens (including phenoxy) is 2. The molecule has 0 fully saturated rings. The highest BCUT2D eigenvalue weighted by Gasteiger charge is 2.21. The number of carboxylic acid groups (broad SMARTS) is 1. The predicted molar refractivity (Wildman–Crippen MR) is 95.4 cm³/mol. The molecule has 2 aromatic carbocycles. The van der Waals surface area contributed by atoms with Gasteiger partial charge in [0.2, 0.25) is 0 Å². The van der Waals surface area contributed by atoms with Crippen LogP contribution in [0.5, 0.6) is 11.5 Å². The van der Waals surface area contributed by atoms with Crippen molar-refractivity contribution in [2.45, 2.75) is 12.5 Å². The van der Waals surface area contributed by atoms with Crippen molar-refractivity contribution in [3.63, 3.8) is 0 Å². The van der Waals surface area contributed by atoms with Crippen molar-refractivity contribution in [1.29, 1.82) is 0 Å². The molecule has 1 N–H and O–H groups in total. The minimum absolute atomic E-state index is 0.196. The lowest BCUT2D eigenvalue weighted by molar-refractivity contribution is -0.145. The van der Waals surface area contributed by atoms with E-state index < -0.39 is 12.1 Å². The van der Waals surface area contributed by atoms with Gasteiger partial charge in [-0.2, -0.15) is 0 Å². The highest BCUT2D eigenvalue weighted by Crippen LogP contribution is 2.30. The zero-order valence-corrected chi connectivity index (χ0v) is 14.0. The summed E-state index contributed by atoms with van der Waals surface area (Å²) >= 11 is 6.15. The highest BCUT2D eigenvalue weighted by molar-refractivity contribution is 6.35. The molecule has 0 aliphatic carbocycles. The van der Waals surface area contributed by atoms with E-state index in [0.717, 1.165) is 0 Å². The molecule has 0 amide bonds. The number of pyridine rings is 1. The van der Waals surface area contributed by atoms with Crippen LogP contribution in [0.2, 0.25) is 5.02 Å². The molecule has 0 saturated carbocycles. The SMILES string of the molecule is O=C(O)C(CCOc1ccccc1)Oc1ccc(Cl)c2cccnc12. The van der Waals surface area contributed by atoms with Crippen molar-refractivity contribution >= 4 is 28.5 Å². The lowest BCUT2D eigenvalue weighted by Crippen LogP contribution is -2.29. The van der Waals surface area contributed by atoms with E-state index in [2.05, 4.69) is 4.98 Å². The molecule has 3 aromatic rings. The number of fused-ring (bicyclic) bond motifs is 1. The number of carbonyl (C=O) groups is 1. The monoisotopic (exact) mass is 357 g/mol. The third-order valence-electron chi connectivity index (χ3n) is 3.62. The summed E-state index contributed by atoms with van der Waals surface area (Å²) in [6.07, 6.45) is 0.760. The molecular formula is C19H16ClNO4. The van der Waals surface area contributed by atoms with E-state index >= 15 is 0 Å². The van der Waals surface area contributed by atoms with E-state index in [1.807, 2.05) is 36.4 Å². The number of aliphatic carboxylic acids is 1. The number of rotatable bonds is 7. The standard InChI is InChI=1S/C19H16ClNO4/c20-15-8-9-16(18-14(15)7-4-11-21-18)25-17(19(22)23)10-12-24-13-5-2-1-3-6-13/h1-9,11,17H,10,12H2,(H,22,23). The Hall–Kier alpha value is -2.79. The smallest absolute Gasteiger partial charge is 0.345 e. The molecule has 0 radical (unpaired) electrons. The van der Waals surface area contributed by atoms with Gasteiger partial charge in [-0.3, -0.25) is 4.98 Å². The van der Waals surface area contributed by atoms with Crippen molar-refractivity contribution in [3.8, 4) is 11.5 Å². The number of carboxylic acids is 1. The molecule has 1 atom stereocenters. The number of aromatic nitrogens is 1. The summed E-state index contributed by atoms with van der Waals surface area (Å²) in [6, 6.07) is 16.1. The van der Waals surface area contributed by atoms with Gasteiger partial charge < -0.3 is 14.6 Å². The first-order chi connectivity index (χ1) is 12.1. The lowest BCUT2D eigenvalue weighted by atomic mass is 10.2. The Morgan fingerprint density at radius 1 is 1.12 bits per heavy atom. The summed E-state index contributed by atoms with van der Waals surface area (Å²) in [5.41, 5.74) is 0.533. The largest absolute Gasteiger partial charge is 0.493 e. The number of hydrogen-bond acceptors (Lipinski definition) is 4. The Morgan fingerprint density at radius 3 is 2.68 bits per heavy atom. The first-order valence-electron chi connectivity index (χ1n) is 7.75. The van der Waals surface area contributed by atoms with Crippen LogP contribution in [-0.2, 0) is 4.79 Å². The lowest BCUT2D eigenvalue weighted by Gasteiger charge is -2.17. The van der Waals surface area contributed by atoms with Crippen LogP contribution in [0.1, 0.15) is 6.42 Å². The first-order valence-corrected chi connectivity index (χ1v) is 8.13. The van der Waals surface area contributed by atoms with Gasteiger partial charge in [0.15, 0.2) is 6.10 Å². The second-order valence-electron chi connectivity index (χ2n) is 5.34. The molecule has 1 aromatic heterocycles.